The predicted molar refractivity (Wildman–Crippen MR) is 100 cm³/mol. The largest absolute Gasteiger partial charge is 0.353 e. The van der Waals surface area contributed by atoms with Gasteiger partial charge in [-0.3, -0.25) is 9.78 Å². The maximum absolute atomic E-state index is 12.7. The second kappa shape index (κ2) is 6.99. The van der Waals surface area contributed by atoms with Crippen molar-refractivity contribution in [3.05, 3.63) is 46.5 Å². The second-order valence-electron chi connectivity index (χ2n) is 6.23. The average Bonchev–Trinajstić information content (AvgIpc) is 2.87. The lowest BCUT2D eigenvalue weighted by atomic mass is 10.2. The molecule has 4 rings (SSSR count). The predicted octanol–water partition coefficient (Wildman–Crippen LogP) is 1.94. The number of rotatable bonds is 2. The normalized spacial score (nSPS) is 15.3. The molecule has 0 aliphatic carbocycles. The van der Waals surface area contributed by atoms with Gasteiger partial charge in [0.1, 0.15) is 5.82 Å². The highest BCUT2D eigenvalue weighted by Gasteiger charge is 2.21. The molecular weight excluding hydrogens is 398 g/mol. The van der Waals surface area contributed by atoms with Gasteiger partial charge in [0.2, 0.25) is 0 Å². The molecule has 1 amide bonds. The SMILES string of the molecule is Cc1nnc2ccc(N3CCCN(C(=O)c4cncc(Br)c4)CC3)nn12. The van der Waals surface area contributed by atoms with Gasteiger partial charge in [-0.2, -0.15) is 4.52 Å². The van der Waals surface area contributed by atoms with Crippen molar-refractivity contribution in [2.75, 3.05) is 31.1 Å². The third-order valence-electron chi connectivity index (χ3n) is 4.46. The van der Waals surface area contributed by atoms with Crippen LogP contribution < -0.4 is 4.90 Å². The summed E-state index contributed by atoms with van der Waals surface area (Å²) in [5.74, 6) is 1.65. The number of halogens is 1. The van der Waals surface area contributed by atoms with Gasteiger partial charge in [0.25, 0.3) is 5.91 Å². The van der Waals surface area contributed by atoms with E-state index < -0.39 is 0 Å². The first-order chi connectivity index (χ1) is 12.6. The highest BCUT2D eigenvalue weighted by atomic mass is 79.9. The molecule has 0 unspecified atom stereocenters. The fourth-order valence-corrected chi connectivity index (χ4v) is 3.48. The summed E-state index contributed by atoms with van der Waals surface area (Å²) in [6.07, 6.45) is 4.17. The van der Waals surface area contributed by atoms with E-state index in [4.69, 9.17) is 0 Å². The highest BCUT2D eigenvalue weighted by molar-refractivity contribution is 9.10. The molecule has 0 radical (unpaired) electrons. The van der Waals surface area contributed by atoms with Crippen LogP contribution in [0.15, 0.2) is 35.1 Å². The molecule has 0 aromatic carbocycles. The molecule has 4 heterocycles. The number of hydrogen-bond donors (Lipinski definition) is 0. The van der Waals surface area contributed by atoms with Crippen molar-refractivity contribution in [2.24, 2.45) is 0 Å². The maximum atomic E-state index is 12.7. The zero-order valence-corrected chi connectivity index (χ0v) is 15.9. The zero-order valence-electron chi connectivity index (χ0n) is 14.3. The summed E-state index contributed by atoms with van der Waals surface area (Å²) in [7, 11) is 0. The lowest BCUT2D eigenvalue weighted by molar-refractivity contribution is 0.0766. The Morgan fingerprint density at radius 3 is 2.85 bits per heavy atom. The van der Waals surface area contributed by atoms with Crippen LogP contribution in [0.25, 0.3) is 5.65 Å². The Kier molecular flexibility index (Phi) is 4.54. The molecule has 1 aliphatic heterocycles. The quantitative estimate of drug-likeness (QED) is 0.636. The van der Waals surface area contributed by atoms with Gasteiger partial charge in [0.05, 0.1) is 5.56 Å². The number of aromatic nitrogens is 5. The van der Waals surface area contributed by atoms with Gasteiger partial charge in [0, 0.05) is 43.0 Å². The van der Waals surface area contributed by atoms with Crippen molar-refractivity contribution in [1.29, 1.82) is 0 Å². The molecule has 134 valence electrons. The standard InChI is InChI=1S/C17H18BrN7O/c1-12-20-21-15-3-4-16(22-25(12)15)23-5-2-6-24(8-7-23)17(26)13-9-14(18)11-19-10-13/h3-4,9-11H,2,5-8H2,1H3. The monoisotopic (exact) mass is 415 g/mol. The van der Waals surface area contributed by atoms with Crippen LogP contribution in [0, 0.1) is 6.92 Å². The molecule has 3 aromatic heterocycles. The highest BCUT2D eigenvalue weighted by Crippen LogP contribution is 2.17. The minimum absolute atomic E-state index is 0.0127. The topological polar surface area (TPSA) is 79.5 Å². The first-order valence-corrected chi connectivity index (χ1v) is 9.25. The van der Waals surface area contributed by atoms with Crippen molar-refractivity contribution in [3.8, 4) is 0 Å². The number of carbonyl (C=O) groups excluding carboxylic acids is 1. The van der Waals surface area contributed by atoms with Gasteiger partial charge in [-0.15, -0.1) is 15.3 Å². The Morgan fingerprint density at radius 2 is 2.00 bits per heavy atom. The number of aryl methyl sites for hydroxylation is 1. The first-order valence-electron chi connectivity index (χ1n) is 8.46. The van der Waals surface area contributed by atoms with Crippen molar-refractivity contribution in [2.45, 2.75) is 13.3 Å². The molecule has 1 saturated heterocycles. The Hall–Kier alpha value is -2.55. The van der Waals surface area contributed by atoms with Gasteiger partial charge >= 0.3 is 0 Å². The molecule has 3 aromatic rings. The summed E-state index contributed by atoms with van der Waals surface area (Å²) in [5.41, 5.74) is 1.34. The van der Waals surface area contributed by atoms with E-state index in [2.05, 4.69) is 41.1 Å². The Morgan fingerprint density at radius 1 is 1.12 bits per heavy atom. The Labute approximate surface area is 159 Å². The second-order valence-corrected chi connectivity index (χ2v) is 7.15. The van der Waals surface area contributed by atoms with Crippen molar-refractivity contribution in [3.63, 3.8) is 0 Å². The van der Waals surface area contributed by atoms with Crippen molar-refractivity contribution >= 4 is 33.3 Å². The number of fused-ring (bicyclic) bond motifs is 1. The molecule has 0 saturated carbocycles. The average molecular weight is 416 g/mol. The summed E-state index contributed by atoms with van der Waals surface area (Å²) in [4.78, 5) is 20.9. The van der Waals surface area contributed by atoms with Crippen LogP contribution in [0.1, 0.15) is 22.6 Å². The van der Waals surface area contributed by atoms with E-state index >= 15 is 0 Å². The van der Waals surface area contributed by atoms with Gasteiger partial charge < -0.3 is 9.80 Å². The van der Waals surface area contributed by atoms with E-state index in [0.29, 0.717) is 12.1 Å². The van der Waals surface area contributed by atoms with Crippen LogP contribution in [0.5, 0.6) is 0 Å². The number of hydrogen-bond acceptors (Lipinski definition) is 6. The minimum Gasteiger partial charge on any atom is -0.353 e. The summed E-state index contributed by atoms with van der Waals surface area (Å²) < 4.78 is 2.55. The van der Waals surface area contributed by atoms with Crippen LogP contribution in [0.3, 0.4) is 0 Å². The number of pyridine rings is 1. The van der Waals surface area contributed by atoms with Crippen molar-refractivity contribution in [1.82, 2.24) is 29.7 Å². The molecule has 9 heteroatoms. The molecule has 0 atom stereocenters. The Bertz CT molecular complexity index is 957. The van der Waals surface area contributed by atoms with E-state index in [9.17, 15) is 4.79 Å². The number of amides is 1. The van der Waals surface area contributed by atoms with Crippen LogP contribution in [-0.2, 0) is 0 Å². The number of anilines is 1. The smallest absolute Gasteiger partial charge is 0.255 e. The van der Waals surface area contributed by atoms with E-state index in [-0.39, 0.29) is 5.91 Å². The molecular formula is C17H18BrN7O. The van der Waals surface area contributed by atoms with Crippen LogP contribution in [-0.4, -0.2) is 61.8 Å². The lowest BCUT2D eigenvalue weighted by Crippen LogP contribution is -2.35. The number of nitrogens with zero attached hydrogens (tertiary/aromatic N) is 7. The molecule has 26 heavy (non-hydrogen) atoms. The van der Waals surface area contributed by atoms with Gasteiger partial charge in [-0.1, -0.05) is 0 Å². The lowest BCUT2D eigenvalue weighted by Gasteiger charge is -2.22. The van der Waals surface area contributed by atoms with E-state index in [0.717, 1.165) is 47.8 Å². The van der Waals surface area contributed by atoms with Crippen LogP contribution >= 0.6 is 15.9 Å². The zero-order chi connectivity index (χ0) is 18.1. The summed E-state index contributed by atoms with van der Waals surface area (Å²) in [5, 5.41) is 12.8. The third-order valence-corrected chi connectivity index (χ3v) is 4.90. The third kappa shape index (κ3) is 3.26. The van der Waals surface area contributed by atoms with Crippen LogP contribution in [0.4, 0.5) is 5.82 Å². The Balaban J connectivity index is 1.50. The first kappa shape index (κ1) is 16.9. The maximum Gasteiger partial charge on any atom is 0.255 e. The van der Waals surface area contributed by atoms with Gasteiger partial charge in [-0.05, 0) is 47.5 Å². The van der Waals surface area contributed by atoms with E-state index in [1.807, 2.05) is 30.0 Å². The molecule has 8 nitrogen and oxygen atoms in total. The van der Waals surface area contributed by atoms with Gasteiger partial charge in [0.15, 0.2) is 11.5 Å². The summed E-state index contributed by atoms with van der Waals surface area (Å²) >= 11 is 3.37. The molecule has 0 N–H and O–H groups in total. The fraction of sp³-hybridized carbons (Fsp3) is 0.353. The molecule has 1 fully saturated rings. The summed E-state index contributed by atoms with van der Waals surface area (Å²) in [6.45, 7) is 4.82. The van der Waals surface area contributed by atoms with Crippen molar-refractivity contribution < 1.29 is 4.79 Å². The fourth-order valence-electron chi connectivity index (χ4n) is 3.12. The van der Waals surface area contributed by atoms with E-state index in [1.54, 1.807) is 16.9 Å². The van der Waals surface area contributed by atoms with E-state index in [1.165, 1.54) is 0 Å². The summed E-state index contributed by atoms with van der Waals surface area (Å²) in [6, 6.07) is 5.69. The molecule has 1 aliphatic rings. The molecule has 0 spiro atoms. The van der Waals surface area contributed by atoms with Gasteiger partial charge in [-0.25, -0.2) is 0 Å². The van der Waals surface area contributed by atoms with Crippen LogP contribution in [0.2, 0.25) is 0 Å². The number of carbonyl (C=O) groups is 1. The molecule has 0 bridgehead atoms. The minimum atomic E-state index is 0.0127.